The summed E-state index contributed by atoms with van der Waals surface area (Å²) in [5, 5.41) is 3.57. The van der Waals surface area contributed by atoms with Crippen LogP contribution in [0, 0.1) is 5.82 Å². The van der Waals surface area contributed by atoms with E-state index in [-0.39, 0.29) is 18.5 Å². The van der Waals surface area contributed by atoms with E-state index in [0.717, 1.165) is 11.1 Å². The minimum atomic E-state index is -0.319. The molecular weight excluding hydrogens is 311 g/mol. The molecule has 24 heavy (non-hydrogen) atoms. The monoisotopic (exact) mass is 326 g/mol. The molecule has 0 atom stereocenters. The quantitative estimate of drug-likeness (QED) is 0.805. The first-order valence-corrected chi connectivity index (χ1v) is 7.53. The number of halogens is 1. The highest BCUT2D eigenvalue weighted by Crippen LogP contribution is 2.32. The average molecular weight is 326 g/mol. The van der Waals surface area contributed by atoms with Gasteiger partial charge in [0, 0.05) is 24.5 Å². The van der Waals surface area contributed by atoms with Crippen LogP contribution in [0.15, 0.2) is 42.5 Å². The van der Waals surface area contributed by atoms with Crippen LogP contribution in [0.2, 0.25) is 0 Å². The molecule has 6 heteroatoms. The van der Waals surface area contributed by atoms with Gasteiger partial charge < -0.3 is 19.4 Å². The molecule has 0 saturated carbocycles. The molecule has 0 radical (unpaired) electrons. The molecule has 2 aromatic carbocycles. The SMILES string of the molecule is Cn1c(C(=O)NCc2ccc3c(c2)OCO3)cc2cc(F)ccc21. The molecule has 0 fully saturated rings. The Morgan fingerprint density at radius 2 is 2.00 bits per heavy atom. The molecule has 1 aliphatic rings. The Hall–Kier alpha value is -3.02. The molecule has 1 N–H and O–H groups in total. The number of carbonyl (C=O) groups excluding carboxylic acids is 1. The van der Waals surface area contributed by atoms with Crippen LogP contribution in [0.1, 0.15) is 16.1 Å². The predicted molar refractivity (Wildman–Crippen MR) is 86.6 cm³/mol. The van der Waals surface area contributed by atoms with E-state index < -0.39 is 0 Å². The maximum atomic E-state index is 13.3. The summed E-state index contributed by atoms with van der Waals surface area (Å²) in [6.45, 7) is 0.586. The van der Waals surface area contributed by atoms with Crippen molar-refractivity contribution in [1.29, 1.82) is 0 Å². The van der Waals surface area contributed by atoms with Gasteiger partial charge in [-0.05, 0) is 42.0 Å². The van der Waals surface area contributed by atoms with Crippen LogP contribution >= 0.6 is 0 Å². The third-order valence-corrected chi connectivity index (χ3v) is 4.13. The summed E-state index contributed by atoms with van der Waals surface area (Å²) in [6.07, 6.45) is 0. The van der Waals surface area contributed by atoms with Gasteiger partial charge in [0.15, 0.2) is 11.5 Å². The number of benzene rings is 2. The van der Waals surface area contributed by atoms with Crippen molar-refractivity contribution in [2.75, 3.05) is 6.79 Å². The Labute approximate surface area is 137 Å². The maximum absolute atomic E-state index is 13.3. The van der Waals surface area contributed by atoms with E-state index >= 15 is 0 Å². The van der Waals surface area contributed by atoms with Crippen LogP contribution in [0.4, 0.5) is 4.39 Å². The van der Waals surface area contributed by atoms with Crippen molar-refractivity contribution in [1.82, 2.24) is 9.88 Å². The molecule has 1 aromatic heterocycles. The lowest BCUT2D eigenvalue weighted by Gasteiger charge is -2.07. The third kappa shape index (κ3) is 2.46. The van der Waals surface area contributed by atoms with Crippen molar-refractivity contribution >= 4 is 16.8 Å². The normalized spacial score (nSPS) is 12.6. The van der Waals surface area contributed by atoms with Crippen LogP contribution in [0.5, 0.6) is 11.5 Å². The second kappa shape index (κ2) is 5.56. The summed E-state index contributed by atoms with van der Waals surface area (Å²) in [4.78, 5) is 12.4. The fourth-order valence-electron chi connectivity index (χ4n) is 2.86. The first-order chi connectivity index (χ1) is 11.6. The Morgan fingerprint density at radius 3 is 2.88 bits per heavy atom. The third-order valence-electron chi connectivity index (χ3n) is 4.13. The number of hydrogen-bond acceptors (Lipinski definition) is 3. The molecule has 0 aliphatic carbocycles. The Kier molecular flexibility index (Phi) is 3.37. The van der Waals surface area contributed by atoms with Crippen LogP contribution in [0.3, 0.4) is 0 Å². The van der Waals surface area contributed by atoms with Gasteiger partial charge in [0.25, 0.3) is 5.91 Å². The molecule has 4 rings (SSSR count). The fourth-order valence-corrected chi connectivity index (χ4v) is 2.86. The van der Waals surface area contributed by atoms with Crippen molar-refractivity contribution in [3.63, 3.8) is 0 Å². The number of hydrogen-bond donors (Lipinski definition) is 1. The van der Waals surface area contributed by atoms with Gasteiger partial charge in [-0.2, -0.15) is 0 Å². The number of ether oxygens (including phenoxy) is 2. The second-order valence-electron chi connectivity index (χ2n) is 5.66. The number of nitrogens with zero attached hydrogens (tertiary/aromatic N) is 1. The first kappa shape index (κ1) is 14.6. The van der Waals surface area contributed by atoms with Crippen LogP contribution < -0.4 is 14.8 Å². The van der Waals surface area contributed by atoms with Crippen LogP contribution in [-0.4, -0.2) is 17.3 Å². The molecule has 5 nitrogen and oxygen atoms in total. The molecule has 0 bridgehead atoms. The summed E-state index contributed by atoms with van der Waals surface area (Å²) >= 11 is 0. The van der Waals surface area contributed by atoms with Crippen molar-refractivity contribution in [2.45, 2.75) is 6.54 Å². The Bertz CT molecular complexity index is 949. The van der Waals surface area contributed by atoms with Crippen molar-refractivity contribution < 1.29 is 18.7 Å². The molecule has 1 aliphatic heterocycles. The number of aryl methyl sites for hydroxylation is 1. The summed E-state index contributed by atoms with van der Waals surface area (Å²) in [6, 6.07) is 11.7. The summed E-state index contributed by atoms with van der Waals surface area (Å²) < 4.78 is 25.7. The van der Waals surface area contributed by atoms with E-state index in [1.807, 2.05) is 18.2 Å². The summed E-state index contributed by atoms with van der Waals surface area (Å²) in [5.74, 6) is 0.856. The van der Waals surface area contributed by atoms with E-state index in [1.54, 1.807) is 23.7 Å². The molecular formula is C18H15FN2O3. The lowest BCUT2D eigenvalue weighted by Crippen LogP contribution is -2.24. The van der Waals surface area contributed by atoms with Gasteiger partial charge in [-0.3, -0.25) is 4.79 Å². The number of aromatic nitrogens is 1. The lowest BCUT2D eigenvalue weighted by atomic mass is 10.2. The average Bonchev–Trinajstić information content (AvgIpc) is 3.16. The van der Waals surface area contributed by atoms with Crippen molar-refractivity contribution in [3.8, 4) is 11.5 Å². The van der Waals surface area contributed by atoms with Gasteiger partial charge in [-0.1, -0.05) is 6.07 Å². The number of fused-ring (bicyclic) bond motifs is 2. The zero-order valence-electron chi connectivity index (χ0n) is 13.0. The van der Waals surface area contributed by atoms with Gasteiger partial charge in [0.1, 0.15) is 11.5 Å². The molecule has 122 valence electrons. The van der Waals surface area contributed by atoms with Crippen molar-refractivity contribution in [2.24, 2.45) is 7.05 Å². The highest BCUT2D eigenvalue weighted by Gasteiger charge is 2.16. The highest BCUT2D eigenvalue weighted by atomic mass is 19.1. The smallest absolute Gasteiger partial charge is 0.268 e. The summed E-state index contributed by atoms with van der Waals surface area (Å²) in [5.41, 5.74) is 2.21. The highest BCUT2D eigenvalue weighted by molar-refractivity contribution is 5.98. The van der Waals surface area contributed by atoms with Gasteiger partial charge in [-0.15, -0.1) is 0 Å². The topological polar surface area (TPSA) is 52.5 Å². The maximum Gasteiger partial charge on any atom is 0.268 e. The van der Waals surface area contributed by atoms with Crippen LogP contribution in [-0.2, 0) is 13.6 Å². The largest absolute Gasteiger partial charge is 0.454 e. The van der Waals surface area contributed by atoms with Gasteiger partial charge >= 0.3 is 0 Å². The lowest BCUT2D eigenvalue weighted by molar-refractivity contribution is 0.0943. The Morgan fingerprint density at radius 1 is 1.17 bits per heavy atom. The number of rotatable bonds is 3. The van der Waals surface area contributed by atoms with E-state index in [2.05, 4.69) is 5.32 Å². The number of nitrogens with one attached hydrogen (secondary N) is 1. The van der Waals surface area contributed by atoms with Gasteiger partial charge in [0.05, 0.1) is 0 Å². The second-order valence-corrected chi connectivity index (χ2v) is 5.66. The molecule has 1 amide bonds. The van der Waals surface area contributed by atoms with E-state index in [4.69, 9.17) is 9.47 Å². The van der Waals surface area contributed by atoms with Gasteiger partial charge in [-0.25, -0.2) is 4.39 Å². The standard InChI is InChI=1S/C18H15FN2O3/c1-21-14-4-3-13(19)7-12(14)8-15(21)18(22)20-9-11-2-5-16-17(6-11)24-10-23-16/h2-8H,9-10H2,1H3,(H,20,22). The fraction of sp³-hybridized carbons (Fsp3) is 0.167. The zero-order valence-corrected chi connectivity index (χ0v) is 13.0. The van der Waals surface area contributed by atoms with E-state index in [0.29, 0.717) is 29.1 Å². The Balaban J connectivity index is 1.53. The van der Waals surface area contributed by atoms with Crippen molar-refractivity contribution in [3.05, 3.63) is 59.5 Å². The van der Waals surface area contributed by atoms with E-state index in [9.17, 15) is 9.18 Å². The molecule has 0 spiro atoms. The van der Waals surface area contributed by atoms with E-state index in [1.165, 1.54) is 12.1 Å². The minimum Gasteiger partial charge on any atom is -0.454 e. The minimum absolute atomic E-state index is 0.216. The predicted octanol–water partition coefficient (Wildman–Crippen LogP) is 2.98. The molecule has 2 heterocycles. The summed E-state index contributed by atoms with van der Waals surface area (Å²) in [7, 11) is 1.79. The molecule has 0 unspecified atom stereocenters. The van der Waals surface area contributed by atoms with Crippen LogP contribution in [0.25, 0.3) is 10.9 Å². The first-order valence-electron chi connectivity index (χ1n) is 7.53. The molecule has 3 aromatic rings. The number of amides is 1. The molecule has 0 saturated heterocycles. The zero-order chi connectivity index (χ0) is 16.7. The van der Waals surface area contributed by atoms with Gasteiger partial charge in [0.2, 0.25) is 6.79 Å². The number of carbonyl (C=O) groups is 1.